The van der Waals surface area contributed by atoms with Gasteiger partial charge in [-0.15, -0.1) is 0 Å². The number of fused-ring (bicyclic) bond motifs is 1. The number of benzene rings is 1. The third-order valence-corrected chi connectivity index (χ3v) is 4.45. The van der Waals surface area contributed by atoms with Gasteiger partial charge in [-0.05, 0) is 11.1 Å². The molecule has 0 saturated carbocycles. The molecule has 7 heteroatoms. The molecule has 0 saturated heterocycles. The van der Waals surface area contributed by atoms with Crippen LogP contribution in [-0.2, 0) is 14.2 Å². The van der Waals surface area contributed by atoms with Gasteiger partial charge in [0.05, 0.1) is 10.9 Å². The van der Waals surface area contributed by atoms with Crippen LogP contribution in [-0.4, -0.2) is 49.9 Å². The number of methoxy groups -OCH3 is 2. The highest BCUT2D eigenvalue weighted by Gasteiger charge is 2.45. The SMILES string of the molecule is COCO[C@@H]1C(Br)c2ccccc2[C@H]1N(COC)C(=O)O. The van der Waals surface area contributed by atoms with E-state index in [4.69, 9.17) is 14.2 Å². The Labute approximate surface area is 131 Å². The van der Waals surface area contributed by atoms with Crippen molar-refractivity contribution in [1.29, 1.82) is 0 Å². The Morgan fingerprint density at radius 2 is 1.95 bits per heavy atom. The average molecular weight is 360 g/mol. The number of alkyl halides is 1. The number of rotatable bonds is 6. The van der Waals surface area contributed by atoms with Crippen molar-refractivity contribution in [3.8, 4) is 0 Å². The van der Waals surface area contributed by atoms with Gasteiger partial charge in [-0.3, -0.25) is 4.90 Å². The van der Waals surface area contributed by atoms with Gasteiger partial charge in [0.15, 0.2) is 0 Å². The number of hydrogen-bond donors (Lipinski definition) is 1. The van der Waals surface area contributed by atoms with E-state index in [-0.39, 0.29) is 24.5 Å². The molecule has 116 valence electrons. The fourth-order valence-electron chi connectivity index (χ4n) is 2.61. The van der Waals surface area contributed by atoms with Crippen LogP contribution in [0.4, 0.5) is 4.79 Å². The molecule has 0 bridgehead atoms. The molecule has 1 N–H and O–H groups in total. The summed E-state index contributed by atoms with van der Waals surface area (Å²) in [6.07, 6.45) is -1.43. The van der Waals surface area contributed by atoms with E-state index in [1.165, 1.54) is 19.1 Å². The largest absolute Gasteiger partial charge is 0.465 e. The predicted molar refractivity (Wildman–Crippen MR) is 79.3 cm³/mol. The van der Waals surface area contributed by atoms with Gasteiger partial charge in [0.2, 0.25) is 0 Å². The van der Waals surface area contributed by atoms with Gasteiger partial charge in [-0.2, -0.15) is 0 Å². The molecule has 1 aromatic rings. The van der Waals surface area contributed by atoms with E-state index in [0.717, 1.165) is 11.1 Å². The monoisotopic (exact) mass is 359 g/mol. The van der Waals surface area contributed by atoms with Gasteiger partial charge in [0.25, 0.3) is 0 Å². The lowest BCUT2D eigenvalue weighted by atomic mass is 10.1. The zero-order valence-electron chi connectivity index (χ0n) is 11.9. The van der Waals surface area contributed by atoms with Crippen molar-refractivity contribution < 1.29 is 24.1 Å². The third kappa shape index (κ3) is 3.21. The Kier molecular flexibility index (Phi) is 5.58. The molecule has 1 aromatic carbocycles. The van der Waals surface area contributed by atoms with Crippen LogP contribution in [0.2, 0.25) is 0 Å². The highest BCUT2D eigenvalue weighted by Crippen LogP contribution is 2.48. The van der Waals surface area contributed by atoms with Gasteiger partial charge >= 0.3 is 6.09 Å². The van der Waals surface area contributed by atoms with Gasteiger partial charge in [-0.1, -0.05) is 40.2 Å². The molecule has 0 heterocycles. The summed E-state index contributed by atoms with van der Waals surface area (Å²) < 4.78 is 15.7. The number of carboxylic acid groups (broad SMARTS) is 1. The first-order valence-corrected chi connectivity index (χ1v) is 7.35. The summed E-state index contributed by atoms with van der Waals surface area (Å²) in [4.78, 5) is 12.7. The first kappa shape index (κ1) is 16.2. The Morgan fingerprint density at radius 3 is 2.52 bits per heavy atom. The molecule has 0 fully saturated rings. The Hall–Kier alpha value is -1.15. The van der Waals surface area contributed by atoms with Crippen LogP contribution < -0.4 is 0 Å². The number of hydrogen-bond acceptors (Lipinski definition) is 4. The molecule has 1 unspecified atom stereocenters. The minimum Gasteiger partial charge on any atom is -0.465 e. The molecule has 0 aromatic heterocycles. The molecular weight excluding hydrogens is 342 g/mol. The van der Waals surface area contributed by atoms with Crippen LogP contribution in [0.15, 0.2) is 24.3 Å². The number of halogens is 1. The summed E-state index contributed by atoms with van der Waals surface area (Å²) >= 11 is 3.60. The maximum Gasteiger partial charge on any atom is 0.409 e. The van der Waals surface area contributed by atoms with Crippen LogP contribution in [0, 0.1) is 0 Å². The van der Waals surface area contributed by atoms with Crippen molar-refractivity contribution in [3.63, 3.8) is 0 Å². The number of ether oxygens (including phenoxy) is 3. The zero-order chi connectivity index (χ0) is 15.4. The molecular formula is C14H18BrNO5. The lowest BCUT2D eigenvalue weighted by Crippen LogP contribution is -2.40. The molecule has 0 radical (unpaired) electrons. The normalized spacial score (nSPS) is 23.9. The lowest BCUT2D eigenvalue weighted by molar-refractivity contribution is -0.101. The first-order chi connectivity index (χ1) is 10.1. The van der Waals surface area contributed by atoms with Crippen LogP contribution in [0.5, 0.6) is 0 Å². The summed E-state index contributed by atoms with van der Waals surface area (Å²) in [7, 11) is 3.00. The molecule has 6 nitrogen and oxygen atoms in total. The maximum absolute atomic E-state index is 11.6. The standard InChI is InChI=1S/C14H18BrNO5/c1-19-7-16(14(17)18)12-10-6-4-3-5-9(10)11(15)13(12)21-8-20-2/h3-6,11-13H,7-8H2,1-2H3,(H,17,18)/t11?,12-,13-/m1/s1. The Bertz CT molecular complexity index is 498. The zero-order valence-corrected chi connectivity index (χ0v) is 13.4. The van der Waals surface area contributed by atoms with Crippen molar-refractivity contribution in [2.24, 2.45) is 0 Å². The molecule has 1 aliphatic rings. The van der Waals surface area contributed by atoms with E-state index in [1.54, 1.807) is 0 Å². The van der Waals surface area contributed by atoms with Gasteiger partial charge in [0, 0.05) is 14.2 Å². The van der Waals surface area contributed by atoms with E-state index in [1.807, 2.05) is 24.3 Å². The minimum atomic E-state index is -1.05. The van der Waals surface area contributed by atoms with E-state index in [2.05, 4.69) is 15.9 Å². The van der Waals surface area contributed by atoms with E-state index < -0.39 is 12.1 Å². The third-order valence-electron chi connectivity index (χ3n) is 3.44. The average Bonchev–Trinajstić information content (AvgIpc) is 2.75. The van der Waals surface area contributed by atoms with Crippen molar-refractivity contribution in [1.82, 2.24) is 4.90 Å². The molecule has 1 amide bonds. The summed E-state index contributed by atoms with van der Waals surface area (Å²) in [6.45, 7) is 0.0680. The van der Waals surface area contributed by atoms with Crippen molar-refractivity contribution in [2.75, 3.05) is 27.7 Å². The van der Waals surface area contributed by atoms with E-state index in [9.17, 15) is 9.90 Å². The summed E-state index contributed by atoms with van der Waals surface area (Å²) in [6, 6.07) is 7.24. The maximum atomic E-state index is 11.6. The second kappa shape index (κ2) is 7.22. The highest BCUT2D eigenvalue weighted by atomic mass is 79.9. The van der Waals surface area contributed by atoms with Crippen LogP contribution in [0.1, 0.15) is 22.0 Å². The van der Waals surface area contributed by atoms with Crippen molar-refractivity contribution in [3.05, 3.63) is 35.4 Å². The topological polar surface area (TPSA) is 68.2 Å². The van der Waals surface area contributed by atoms with Gasteiger partial charge in [-0.25, -0.2) is 4.79 Å². The number of nitrogens with zero attached hydrogens (tertiary/aromatic N) is 1. The fourth-order valence-corrected chi connectivity index (χ4v) is 3.47. The van der Waals surface area contributed by atoms with Crippen LogP contribution in [0.25, 0.3) is 0 Å². The Balaban J connectivity index is 2.38. The molecule has 1 aliphatic carbocycles. The molecule has 21 heavy (non-hydrogen) atoms. The highest BCUT2D eigenvalue weighted by molar-refractivity contribution is 9.09. The van der Waals surface area contributed by atoms with Crippen LogP contribution in [0.3, 0.4) is 0 Å². The smallest absolute Gasteiger partial charge is 0.409 e. The molecule has 0 spiro atoms. The van der Waals surface area contributed by atoms with E-state index in [0.29, 0.717) is 0 Å². The molecule has 0 aliphatic heterocycles. The second-order valence-electron chi connectivity index (χ2n) is 4.68. The number of amides is 1. The fraction of sp³-hybridized carbons (Fsp3) is 0.500. The predicted octanol–water partition coefficient (Wildman–Crippen LogP) is 2.75. The van der Waals surface area contributed by atoms with Crippen LogP contribution >= 0.6 is 15.9 Å². The minimum absolute atomic E-state index is 0.0269. The van der Waals surface area contributed by atoms with Crippen molar-refractivity contribution in [2.45, 2.75) is 17.0 Å². The quantitative estimate of drug-likeness (QED) is 0.624. The summed E-state index contributed by atoms with van der Waals surface area (Å²) in [5.41, 5.74) is 1.94. The van der Waals surface area contributed by atoms with Gasteiger partial charge < -0.3 is 19.3 Å². The first-order valence-electron chi connectivity index (χ1n) is 6.43. The van der Waals surface area contributed by atoms with Crippen molar-refractivity contribution >= 4 is 22.0 Å². The number of carbonyl (C=O) groups is 1. The summed E-state index contributed by atoms with van der Waals surface area (Å²) in [5.74, 6) is 0. The lowest BCUT2D eigenvalue weighted by Gasteiger charge is -2.31. The summed E-state index contributed by atoms with van der Waals surface area (Å²) in [5, 5.41) is 9.46. The van der Waals surface area contributed by atoms with Gasteiger partial charge in [0.1, 0.15) is 19.6 Å². The molecule has 2 rings (SSSR count). The second-order valence-corrected chi connectivity index (χ2v) is 5.67. The Morgan fingerprint density at radius 1 is 1.29 bits per heavy atom. The molecule has 3 atom stereocenters. The van der Waals surface area contributed by atoms with E-state index >= 15 is 0 Å².